The molecule has 0 amide bonds. The normalized spacial score (nSPS) is 20.5. The summed E-state index contributed by atoms with van der Waals surface area (Å²) < 4.78 is 28.4. The van der Waals surface area contributed by atoms with Crippen molar-refractivity contribution in [1.82, 2.24) is 19.6 Å². The van der Waals surface area contributed by atoms with Crippen molar-refractivity contribution in [2.24, 2.45) is 5.92 Å². The lowest BCUT2D eigenvalue weighted by atomic mass is 10.0. The highest BCUT2D eigenvalue weighted by atomic mass is 32.2. The van der Waals surface area contributed by atoms with Crippen LogP contribution >= 0.6 is 0 Å². The Morgan fingerprint density at radius 3 is 3.05 bits per heavy atom. The Labute approximate surface area is 114 Å². The summed E-state index contributed by atoms with van der Waals surface area (Å²) >= 11 is 0. The molecular weight excluding hydrogens is 264 g/mol. The van der Waals surface area contributed by atoms with Gasteiger partial charge in [-0.05, 0) is 38.3 Å². The summed E-state index contributed by atoms with van der Waals surface area (Å²) in [6, 6.07) is 0. The van der Waals surface area contributed by atoms with Crippen LogP contribution in [0.15, 0.2) is 18.7 Å². The summed E-state index contributed by atoms with van der Waals surface area (Å²) in [5.74, 6) is 0.491. The minimum Gasteiger partial charge on any atom is -0.337 e. The molecule has 2 rings (SSSR count). The van der Waals surface area contributed by atoms with E-state index in [2.05, 4.69) is 15.0 Å². The number of nitrogens with zero attached hydrogens (tertiary/aromatic N) is 2. The Balaban J connectivity index is 1.65. The van der Waals surface area contributed by atoms with Crippen molar-refractivity contribution >= 4 is 10.0 Å². The molecule has 2 N–H and O–H groups in total. The SMILES string of the molecule is O=S(=O)(CC1CCCNC1)NCCCn1ccnc1. The molecule has 1 atom stereocenters. The fourth-order valence-electron chi connectivity index (χ4n) is 2.34. The van der Waals surface area contributed by atoms with Crippen molar-refractivity contribution in [2.75, 3.05) is 25.4 Å². The quantitative estimate of drug-likeness (QED) is 0.702. The second kappa shape index (κ2) is 7.02. The van der Waals surface area contributed by atoms with E-state index in [4.69, 9.17) is 0 Å². The first kappa shape index (κ1) is 14.5. The highest BCUT2D eigenvalue weighted by Crippen LogP contribution is 2.11. The fourth-order valence-corrected chi connectivity index (χ4v) is 3.82. The van der Waals surface area contributed by atoms with Crippen molar-refractivity contribution < 1.29 is 8.42 Å². The summed E-state index contributed by atoms with van der Waals surface area (Å²) in [7, 11) is -3.14. The smallest absolute Gasteiger partial charge is 0.211 e. The van der Waals surface area contributed by atoms with Gasteiger partial charge in [0.15, 0.2) is 0 Å². The van der Waals surface area contributed by atoms with Crippen LogP contribution in [0.5, 0.6) is 0 Å². The lowest BCUT2D eigenvalue weighted by Gasteiger charge is -2.22. The third-order valence-electron chi connectivity index (χ3n) is 3.33. The van der Waals surface area contributed by atoms with Gasteiger partial charge in [0.05, 0.1) is 12.1 Å². The summed E-state index contributed by atoms with van der Waals surface area (Å²) in [5, 5.41) is 3.24. The van der Waals surface area contributed by atoms with Gasteiger partial charge in [0.1, 0.15) is 0 Å². The molecule has 6 nitrogen and oxygen atoms in total. The van der Waals surface area contributed by atoms with Gasteiger partial charge in [0.2, 0.25) is 10.0 Å². The van der Waals surface area contributed by atoms with E-state index in [0.29, 0.717) is 6.54 Å². The van der Waals surface area contributed by atoms with Gasteiger partial charge in [0.25, 0.3) is 0 Å². The van der Waals surface area contributed by atoms with Crippen LogP contribution in [0, 0.1) is 5.92 Å². The molecule has 1 aliphatic heterocycles. The van der Waals surface area contributed by atoms with Crippen LogP contribution < -0.4 is 10.0 Å². The number of piperidine rings is 1. The summed E-state index contributed by atoms with van der Waals surface area (Å²) in [6.45, 7) is 3.10. The molecule has 1 aromatic rings. The van der Waals surface area contributed by atoms with E-state index in [-0.39, 0.29) is 11.7 Å². The zero-order chi connectivity index (χ0) is 13.6. The zero-order valence-corrected chi connectivity index (χ0v) is 11.9. The first-order valence-electron chi connectivity index (χ1n) is 6.79. The van der Waals surface area contributed by atoms with Crippen LogP contribution in [-0.2, 0) is 16.6 Å². The Morgan fingerprint density at radius 1 is 1.47 bits per heavy atom. The summed E-state index contributed by atoms with van der Waals surface area (Å²) in [5.41, 5.74) is 0. The van der Waals surface area contributed by atoms with Crippen LogP contribution in [0.4, 0.5) is 0 Å². The van der Waals surface area contributed by atoms with E-state index in [0.717, 1.165) is 38.9 Å². The lowest BCUT2D eigenvalue weighted by Crippen LogP contribution is -2.38. The highest BCUT2D eigenvalue weighted by molar-refractivity contribution is 7.89. The van der Waals surface area contributed by atoms with Crippen molar-refractivity contribution in [2.45, 2.75) is 25.8 Å². The van der Waals surface area contributed by atoms with E-state index in [1.807, 2.05) is 10.8 Å². The maximum atomic E-state index is 11.9. The summed E-state index contributed by atoms with van der Waals surface area (Å²) in [6.07, 6.45) is 8.19. The van der Waals surface area contributed by atoms with Gasteiger partial charge >= 0.3 is 0 Å². The van der Waals surface area contributed by atoms with Crippen LogP contribution in [0.25, 0.3) is 0 Å². The number of imidazole rings is 1. The number of hydrogen-bond acceptors (Lipinski definition) is 4. The molecule has 1 aliphatic rings. The van der Waals surface area contributed by atoms with Gasteiger partial charge in [-0.2, -0.15) is 0 Å². The van der Waals surface area contributed by atoms with Gasteiger partial charge < -0.3 is 9.88 Å². The third kappa shape index (κ3) is 5.30. The number of aromatic nitrogens is 2. The first-order chi connectivity index (χ1) is 9.16. The van der Waals surface area contributed by atoms with E-state index in [1.54, 1.807) is 12.5 Å². The van der Waals surface area contributed by atoms with Crippen LogP contribution in [0.2, 0.25) is 0 Å². The van der Waals surface area contributed by atoms with Crippen molar-refractivity contribution in [3.8, 4) is 0 Å². The predicted molar refractivity (Wildman–Crippen MR) is 74.2 cm³/mol. The van der Waals surface area contributed by atoms with Gasteiger partial charge in [-0.15, -0.1) is 0 Å². The highest BCUT2D eigenvalue weighted by Gasteiger charge is 2.20. The van der Waals surface area contributed by atoms with Crippen molar-refractivity contribution in [1.29, 1.82) is 0 Å². The average Bonchev–Trinajstić information content (AvgIpc) is 2.88. The maximum Gasteiger partial charge on any atom is 0.211 e. The van der Waals surface area contributed by atoms with Gasteiger partial charge in [-0.3, -0.25) is 0 Å². The molecule has 7 heteroatoms. The molecule has 0 bridgehead atoms. The summed E-state index contributed by atoms with van der Waals surface area (Å²) in [4.78, 5) is 3.94. The second-order valence-corrected chi connectivity index (χ2v) is 6.89. The standard InChI is InChI=1S/C12H22N4O2S/c17-19(18,10-12-3-1-4-13-9-12)15-5-2-7-16-8-6-14-11-16/h6,8,11-13,15H,1-5,7,9-10H2. The number of hydrogen-bond donors (Lipinski definition) is 2. The van der Waals surface area contributed by atoms with Crippen LogP contribution in [-0.4, -0.2) is 43.4 Å². The minimum absolute atomic E-state index is 0.241. The van der Waals surface area contributed by atoms with Gasteiger partial charge in [-0.1, -0.05) is 0 Å². The van der Waals surface area contributed by atoms with Gasteiger partial charge in [-0.25, -0.2) is 18.1 Å². The monoisotopic (exact) mass is 286 g/mol. The van der Waals surface area contributed by atoms with Crippen LogP contribution in [0.3, 0.4) is 0 Å². The molecule has 0 aromatic carbocycles. The second-order valence-electron chi connectivity index (χ2n) is 5.04. The zero-order valence-electron chi connectivity index (χ0n) is 11.1. The maximum absolute atomic E-state index is 11.9. The van der Waals surface area contributed by atoms with Crippen molar-refractivity contribution in [3.05, 3.63) is 18.7 Å². The number of sulfonamides is 1. The molecule has 108 valence electrons. The molecule has 1 unspecified atom stereocenters. The van der Waals surface area contributed by atoms with E-state index in [9.17, 15) is 8.42 Å². The van der Waals surface area contributed by atoms with E-state index in [1.165, 1.54) is 0 Å². The molecule has 1 saturated heterocycles. The topological polar surface area (TPSA) is 76.0 Å². The first-order valence-corrected chi connectivity index (χ1v) is 8.45. The minimum atomic E-state index is -3.14. The van der Waals surface area contributed by atoms with Crippen LogP contribution in [0.1, 0.15) is 19.3 Å². The predicted octanol–water partition coefficient (Wildman–Crippen LogP) is 0.192. The molecule has 0 aliphatic carbocycles. The van der Waals surface area contributed by atoms with Crippen molar-refractivity contribution in [3.63, 3.8) is 0 Å². The Bertz CT molecular complexity index is 452. The molecule has 0 radical (unpaired) electrons. The van der Waals surface area contributed by atoms with E-state index >= 15 is 0 Å². The Morgan fingerprint density at radius 2 is 2.37 bits per heavy atom. The third-order valence-corrected chi connectivity index (χ3v) is 4.88. The molecule has 1 aromatic heterocycles. The number of aryl methyl sites for hydroxylation is 1. The molecule has 2 heterocycles. The Hall–Kier alpha value is -0.920. The molecule has 0 spiro atoms. The molecule has 19 heavy (non-hydrogen) atoms. The van der Waals surface area contributed by atoms with E-state index < -0.39 is 10.0 Å². The lowest BCUT2D eigenvalue weighted by molar-refractivity contribution is 0.402. The Kier molecular flexibility index (Phi) is 5.35. The molecular formula is C12H22N4O2S. The largest absolute Gasteiger partial charge is 0.337 e. The molecule has 1 fully saturated rings. The van der Waals surface area contributed by atoms with Gasteiger partial charge in [0, 0.05) is 25.5 Å². The number of rotatable bonds is 7. The fraction of sp³-hybridized carbons (Fsp3) is 0.750. The molecule has 0 saturated carbocycles. The average molecular weight is 286 g/mol. The number of nitrogens with one attached hydrogen (secondary N) is 2.